The van der Waals surface area contributed by atoms with Crippen molar-refractivity contribution >= 4 is 52.1 Å². The Kier molecular flexibility index (Phi) is 7.09. The van der Waals surface area contributed by atoms with Crippen molar-refractivity contribution in [2.24, 2.45) is 7.05 Å². The number of aryl methyl sites for hydroxylation is 1. The average Bonchev–Trinajstić information content (AvgIpc) is 2.81. The number of nitrogens with zero attached hydrogens (tertiary/aromatic N) is 5. The Hall–Kier alpha value is -3.76. The van der Waals surface area contributed by atoms with Gasteiger partial charge in [0.15, 0.2) is 5.82 Å². The molecule has 3 aromatic heterocycles. The van der Waals surface area contributed by atoms with E-state index in [0.717, 1.165) is 0 Å². The number of halogens is 2. The number of hydrogen-bond acceptors (Lipinski definition) is 8. The number of rotatable bonds is 5. The molecule has 0 saturated carbocycles. The minimum absolute atomic E-state index is 0.161. The van der Waals surface area contributed by atoms with Crippen molar-refractivity contribution in [3.8, 4) is 11.1 Å². The number of nitrogens with one attached hydrogen (secondary N) is 2. The van der Waals surface area contributed by atoms with Crippen LogP contribution in [0.25, 0.3) is 22.2 Å². The highest BCUT2D eigenvalue weighted by Crippen LogP contribution is 2.33. The van der Waals surface area contributed by atoms with Crippen LogP contribution in [0.2, 0.25) is 10.0 Å². The van der Waals surface area contributed by atoms with Gasteiger partial charge in [-0.15, -0.1) is 5.10 Å². The summed E-state index contributed by atoms with van der Waals surface area (Å²) in [5.74, 6) is 0.620. The van der Waals surface area contributed by atoms with Crippen LogP contribution in [-0.4, -0.2) is 36.4 Å². The van der Waals surface area contributed by atoms with Gasteiger partial charge in [-0.2, -0.15) is 10.1 Å². The van der Waals surface area contributed by atoms with Crippen molar-refractivity contribution in [1.29, 1.82) is 0 Å². The van der Waals surface area contributed by atoms with Crippen LogP contribution in [0.15, 0.2) is 47.4 Å². The second-order valence-corrected chi connectivity index (χ2v) is 9.70. The van der Waals surface area contributed by atoms with E-state index in [2.05, 4.69) is 30.8 Å². The fourth-order valence-electron chi connectivity index (χ4n) is 3.35. The van der Waals surface area contributed by atoms with Gasteiger partial charge in [0, 0.05) is 24.2 Å². The molecule has 4 rings (SSSR count). The summed E-state index contributed by atoms with van der Waals surface area (Å²) in [4.78, 5) is 33.7. The highest BCUT2D eigenvalue weighted by atomic mass is 35.5. The lowest BCUT2D eigenvalue weighted by molar-refractivity contribution is 0.0523. The first kappa shape index (κ1) is 25.3. The number of carbonyl (C=O) groups is 1. The van der Waals surface area contributed by atoms with E-state index < -0.39 is 11.7 Å². The van der Waals surface area contributed by atoms with Crippen LogP contribution in [-0.2, 0) is 18.3 Å². The zero-order chi connectivity index (χ0) is 26.0. The molecule has 3 heterocycles. The molecule has 0 unspecified atom stereocenters. The summed E-state index contributed by atoms with van der Waals surface area (Å²) in [5.41, 5.74) is 0.877. The largest absolute Gasteiger partial charge is 0.444 e. The lowest BCUT2D eigenvalue weighted by Crippen LogP contribution is -2.32. The number of aromatic nitrogens is 5. The predicted molar refractivity (Wildman–Crippen MR) is 139 cm³/mol. The van der Waals surface area contributed by atoms with Crippen LogP contribution in [0.1, 0.15) is 26.5 Å². The first-order chi connectivity index (χ1) is 17.0. The summed E-state index contributed by atoms with van der Waals surface area (Å²) in [6.45, 7) is 5.52. The predicted octanol–water partition coefficient (Wildman–Crippen LogP) is 4.86. The number of carbonyl (C=O) groups excluding carboxylic acids is 1. The van der Waals surface area contributed by atoms with Crippen molar-refractivity contribution in [2.45, 2.75) is 32.9 Å². The smallest absolute Gasteiger partial charge is 0.407 e. The topological polar surface area (TPSA) is 124 Å². The van der Waals surface area contributed by atoms with Gasteiger partial charge < -0.3 is 15.4 Å². The van der Waals surface area contributed by atoms with E-state index in [1.54, 1.807) is 70.4 Å². The molecule has 2 N–H and O–H groups in total. The molecule has 12 heteroatoms. The number of anilines is 2. The maximum atomic E-state index is 13.1. The van der Waals surface area contributed by atoms with Gasteiger partial charge in [0.25, 0.3) is 5.56 Å². The highest BCUT2D eigenvalue weighted by Gasteiger charge is 2.17. The fraction of sp³-hybridized carbons (Fsp3) is 0.250. The summed E-state index contributed by atoms with van der Waals surface area (Å²) < 4.78 is 6.61. The lowest BCUT2D eigenvalue weighted by atomic mass is 10.1. The molecule has 10 nitrogen and oxygen atoms in total. The van der Waals surface area contributed by atoms with Gasteiger partial charge in [0.1, 0.15) is 11.2 Å². The van der Waals surface area contributed by atoms with Gasteiger partial charge in [-0.25, -0.2) is 9.78 Å². The Balaban J connectivity index is 1.53. The van der Waals surface area contributed by atoms with E-state index >= 15 is 0 Å². The quantitative estimate of drug-likeness (QED) is 0.377. The minimum atomic E-state index is -0.587. The number of benzene rings is 1. The summed E-state index contributed by atoms with van der Waals surface area (Å²) in [7, 11) is 1.61. The first-order valence-electron chi connectivity index (χ1n) is 10.9. The second-order valence-electron chi connectivity index (χ2n) is 8.88. The summed E-state index contributed by atoms with van der Waals surface area (Å²) in [6, 6.07) is 10.1. The van der Waals surface area contributed by atoms with E-state index in [1.165, 1.54) is 4.57 Å². The van der Waals surface area contributed by atoms with Crippen molar-refractivity contribution in [2.75, 3.05) is 5.32 Å². The number of fused-ring (bicyclic) bond motifs is 1. The van der Waals surface area contributed by atoms with Gasteiger partial charge in [0.05, 0.1) is 27.8 Å². The summed E-state index contributed by atoms with van der Waals surface area (Å²) in [6.07, 6.45) is 1.05. The maximum absolute atomic E-state index is 13.1. The molecule has 36 heavy (non-hydrogen) atoms. The van der Waals surface area contributed by atoms with E-state index in [9.17, 15) is 9.59 Å². The Morgan fingerprint density at radius 3 is 2.47 bits per heavy atom. The molecule has 4 aromatic rings. The molecule has 0 fully saturated rings. The molecule has 0 aliphatic heterocycles. The van der Waals surface area contributed by atoms with Gasteiger partial charge in [-0.05, 0) is 51.1 Å². The maximum Gasteiger partial charge on any atom is 0.407 e. The van der Waals surface area contributed by atoms with E-state index in [0.29, 0.717) is 43.7 Å². The molecule has 0 aliphatic carbocycles. The number of alkyl carbamates (subject to hydrolysis) is 1. The molecule has 1 amide bonds. The molecule has 0 spiro atoms. The SMILES string of the molecule is Cn1c(=O)c(-c2c(Cl)cccc2Cl)cc2cnc(Nc3ccc(CNC(=O)OC(C)(C)C)nn3)nc21. The third kappa shape index (κ3) is 5.72. The average molecular weight is 528 g/mol. The number of amides is 1. The van der Waals surface area contributed by atoms with E-state index in [1.807, 2.05) is 0 Å². The zero-order valence-electron chi connectivity index (χ0n) is 20.0. The molecule has 0 saturated heterocycles. The van der Waals surface area contributed by atoms with Crippen LogP contribution in [0.3, 0.4) is 0 Å². The van der Waals surface area contributed by atoms with Crippen LogP contribution in [0, 0.1) is 0 Å². The van der Waals surface area contributed by atoms with Gasteiger partial charge >= 0.3 is 6.09 Å². The number of pyridine rings is 1. The Bertz CT molecular complexity index is 1480. The summed E-state index contributed by atoms with van der Waals surface area (Å²) in [5, 5.41) is 15.1. The second kappa shape index (κ2) is 10.1. The Morgan fingerprint density at radius 2 is 1.83 bits per heavy atom. The summed E-state index contributed by atoms with van der Waals surface area (Å²) >= 11 is 12.6. The van der Waals surface area contributed by atoms with Gasteiger partial charge in [-0.3, -0.25) is 9.36 Å². The van der Waals surface area contributed by atoms with Crippen LogP contribution in [0.5, 0.6) is 0 Å². The molecular formula is C24H23Cl2N7O3. The molecule has 0 atom stereocenters. The van der Waals surface area contributed by atoms with Crippen LogP contribution < -0.4 is 16.2 Å². The van der Waals surface area contributed by atoms with Crippen molar-refractivity contribution in [3.05, 3.63) is 68.7 Å². The number of hydrogen-bond donors (Lipinski definition) is 2. The van der Waals surface area contributed by atoms with Crippen molar-refractivity contribution < 1.29 is 9.53 Å². The minimum Gasteiger partial charge on any atom is -0.444 e. The van der Waals surface area contributed by atoms with E-state index in [-0.39, 0.29) is 18.1 Å². The third-order valence-electron chi connectivity index (χ3n) is 4.95. The standard InChI is InChI=1S/C24H23Cl2N7O3/c1-24(2,3)36-23(35)28-12-14-8-9-18(32-31-14)29-22-27-11-13-10-15(21(34)33(4)20(13)30-22)19-16(25)6-5-7-17(19)26/h5-11H,12H2,1-4H3,(H,28,35)(H,27,29,30,32). The fourth-order valence-corrected chi connectivity index (χ4v) is 3.95. The Labute approximate surface area is 216 Å². The molecule has 1 aromatic carbocycles. The monoisotopic (exact) mass is 527 g/mol. The van der Waals surface area contributed by atoms with Gasteiger partial charge in [0.2, 0.25) is 5.95 Å². The van der Waals surface area contributed by atoms with Crippen LogP contribution in [0.4, 0.5) is 16.6 Å². The van der Waals surface area contributed by atoms with Crippen molar-refractivity contribution in [3.63, 3.8) is 0 Å². The first-order valence-corrected chi connectivity index (χ1v) is 11.6. The molecular weight excluding hydrogens is 505 g/mol. The Morgan fingerprint density at radius 1 is 1.11 bits per heavy atom. The zero-order valence-corrected chi connectivity index (χ0v) is 21.5. The molecule has 186 valence electrons. The third-order valence-corrected chi connectivity index (χ3v) is 5.58. The normalized spacial score (nSPS) is 11.4. The lowest BCUT2D eigenvalue weighted by Gasteiger charge is -2.19. The van der Waals surface area contributed by atoms with Crippen molar-refractivity contribution in [1.82, 2.24) is 30.0 Å². The van der Waals surface area contributed by atoms with E-state index in [4.69, 9.17) is 27.9 Å². The highest BCUT2D eigenvalue weighted by molar-refractivity contribution is 6.39. The van der Waals surface area contributed by atoms with Crippen LogP contribution >= 0.6 is 23.2 Å². The molecule has 0 bridgehead atoms. The molecule has 0 aliphatic rings. The van der Waals surface area contributed by atoms with Gasteiger partial charge in [-0.1, -0.05) is 29.3 Å². The molecule has 0 radical (unpaired) electrons. The number of ether oxygens (including phenoxy) is 1.